The van der Waals surface area contributed by atoms with Gasteiger partial charge in [-0.15, -0.1) is 0 Å². The van der Waals surface area contributed by atoms with Gasteiger partial charge in [0.1, 0.15) is 17.7 Å². The van der Waals surface area contributed by atoms with Gasteiger partial charge in [-0.3, -0.25) is 9.36 Å². The molecule has 3 aromatic rings. The summed E-state index contributed by atoms with van der Waals surface area (Å²) in [5, 5.41) is 0. The van der Waals surface area contributed by atoms with E-state index in [2.05, 4.69) is 18.0 Å². The van der Waals surface area contributed by atoms with Crippen LogP contribution >= 0.6 is 0 Å². The first-order chi connectivity index (χ1) is 13.1. The number of aromatic nitrogens is 1. The minimum atomic E-state index is -0.277. The third-order valence-electron chi connectivity index (χ3n) is 4.88. The molecule has 0 saturated carbocycles. The summed E-state index contributed by atoms with van der Waals surface area (Å²) in [7, 11) is 2.07. The molecule has 138 valence electrons. The largest absolute Gasteiger partial charge is 0.486 e. The third kappa shape index (κ3) is 3.78. The summed E-state index contributed by atoms with van der Waals surface area (Å²) >= 11 is 0. The van der Waals surface area contributed by atoms with E-state index >= 15 is 0 Å². The van der Waals surface area contributed by atoms with E-state index < -0.39 is 0 Å². The van der Waals surface area contributed by atoms with Crippen molar-refractivity contribution in [3.05, 3.63) is 94.2 Å². The van der Waals surface area contributed by atoms with Crippen molar-refractivity contribution in [1.29, 1.82) is 0 Å². The maximum absolute atomic E-state index is 13.2. The van der Waals surface area contributed by atoms with Crippen LogP contribution in [0.4, 0.5) is 4.39 Å². The molecule has 5 heteroatoms. The van der Waals surface area contributed by atoms with Gasteiger partial charge in [-0.1, -0.05) is 12.1 Å². The maximum Gasteiger partial charge on any atom is 0.255 e. The fraction of sp³-hybridized carbons (Fsp3) is 0.227. The van der Waals surface area contributed by atoms with E-state index in [0.717, 1.165) is 36.3 Å². The van der Waals surface area contributed by atoms with Gasteiger partial charge in [-0.05, 0) is 60.6 Å². The smallest absolute Gasteiger partial charge is 0.255 e. The van der Waals surface area contributed by atoms with E-state index in [0.29, 0.717) is 5.75 Å². The summed E-state index contributed by atoms with van der Waals surface area (Å²) in [5.41, 5.74) is 3.03. The molecule has 0 bridgehead atoms. The first-order valence-electron chi connectivity index (χ1n) is 9.02. The highest BCUT2D eigenvalue weighted by atomic mass is 19.1. The lowest BCUT2D eigenvalue weighted by atomic mass is 10.0. The average Bonchev–Trinajstić information content (AvgIpc) is 2.82. The van der Waals surface area contributed by atoms with E-state index in [4.69, 9.17) is 4.74 Å². The molecular weight excluding hydrogens is 343 g/mol. The molecule has 0 amide bonds. The van der Waals surface area contributed by atoms with Crippen LogP contribution in [0.3, 0.4) is 0 Å². The second kappa shape index (κ2) is 7.37. The summed E-state index contributed by atoms with van der Waals surface area (Å²) < 4.78 is 21.0. The molecule has 0 fully saturated rings. The van der Waals surface area contributed by atoms with Crippen molar-refractivity contribution in [2.45, 2.75) is 19.1 Å². The molecule has 0 N–H and O–H groups in total. The zero-order valence-electron chi connectivity index (χ0n) is 15.1. The Morgan fingerprint density at radius 1 is 1.07 bits per heavy atom. The lowest BCUT2D eigenvalue weighted by molar-refractivity contribution is 0.182. The standard InChI is InChI=1S/C22H21FN2O2/c1-24-13-11-21(27-19-8-5-17(23)6-9-19)20-10-7-18(14-16(20)15-24)25-12-3-2-4-22(25)26/h2-10,12,14,21H,11,13,15H2,1H3. The van der Waals surface area contributed by atoms with Crippen LogP contribution in [0.5, 0.6) is 5.75 Å². The molecule has 1 atom stereocenters. The van der Waals surface area contributed by atoms with Crippen LogP contribution in [0.15, 0.2) is 71.7 Å². The Morgan fingerprint density at radius 2 is 1.89 bits per heavy atom. The Morgan fingerprint density at radius 3 is 2.67 bits per heavy atom. The van der Waals surface area contributed by atoms with Gasteiger partial charge in [0.05, 0.1) is 0 Å². The van der Waals surface area contributed by atoms with Crippen LogP contribution in [-0.2, 0) is 6.54 Å². The number of nitrogens with zero attached hydrogens (tertiary/aromatic N) is 2. The summed E-state index contributed by atoms with van der Waals surface area (Å²) in [6.07, 6.45) is 2.50. The van der Waals surface area contributed by atoms with Crippen LogP contribution in [-0.4, -0.2) is 23.1 Å². The summed E-state index contributed by atoms with van der Waals surface area (Å²) in [4.78, 5) is 14.4. The number of halogens is 1. The number of rotatable bonds is 3. The van der Waals surface area contributed by atoms with Gasteiger partial charge in [-0.2, -0.15) is 0 Å². The van der Waals surface area contributed by atoms with Crippen LogP contribution in [0, 0.1) is 5.82 Å². The van der Waals surface area contributed by atoms with Gasteiger partial charge in [-0.25, -0.2) is 4.39 Å². The van der Waals surface area contributed by atoms with Crippen LogP contribution < -0.4 is 10.3 Å². The predicted molar refractivity (Wildman–Crippen MR) is 103 cm³/mol. The molecule has 1 aromatic heterocycles. The Hall–Kier alpha value is -2.92. The Kier molecular flexibility index (Phi) is 4.77. The van der Waals surface area contributed by atoms with E-state index in [-0.39, 0.29) is 17.5 Å². The minimum Gasteiger partial charge on any atom is -0.486 e. The highest BCUT2D eigenvalue weighted by Crippen LogP contribution is 2.32. The second-order valence-electron chi connectivity index (χ2n) is 6.88. The molecule has 0 spiro atoms. The zero-order valence-corrected chi connectivity index (χ0v) is 15.1. The fourth-order valence-electron chi connectivity index (χ4n) is 3.50. The molecule has 4 nitrogen and oxygen atoms in total. The normalized spacial score (nSPS) is 17.2. The molecule has 27 heavy (non-hydrogen) atoms. The van der Waals surface area contributed by atoms with Gasteiger partial charge in [0.25, 0.3) is 5.56 Å². The lowest BCUT2D eigenvalue weighted by Gasteiger charge is -2.20. The molecular formula is C22H21FN2O2. The molecule has 0 saturated heterocycles. The molecule has 1 aliphatic heterocycles. The third-order valence-corrected chi connectivity index (χ3v) is 4.88. The Labute approximate surface area is 157 Å². The van der Waals surface area contributed by atoms with Gasteiger partial charge < -0.3 is 9.64 Å². The number of hydrogen-bond acceptors (Lipinski definition) is 3. The van der Waals surface area contributed by atoms with Crippen molar-refractivity contribution in [2.75, 3.05) is 13.6 Å². The number of fused-ring (bicyclic) bond motifs is 1. The number of benzene rings is 2. The summed E-state index contributed by atoms with van der Waals surface area (Å²) in [6, 6.07) is 17.3. The van der Waals surface area contributed by atoms with Crippen molar-refractivity contribution in [3.8, 4) is 11.4 Å². The molecule has 1 aliphatic rings. The van der Waals surface area contributed by atoms with Gasteiger partial charge in [0.15, 0.2) is 0 Å². The van der Waals surface area contributed by atoms with E-state index in [1.807, 2.05) is 18.2 Å². The van der Waals surface area contributed by atoms with Gasteiger partial charge in [0, 0.05) is 37.5 Å². The average molecular weight is 364 g/mol. The Balaban J connectivity index is 1.70. The van der Waals surface area contributed by atoms with Crippen LogP contribution in [0.2, 0.25) is 0 Å². The number of pyridine rings is 1. The molecule has 0 aliphatic carbocycles. The van der Waals surface area contributed by atoms with Crippen LogP contribution in [0.25, 0.3) is 5.69 Å². The van der Waals surface area contributed by atoms with Crippen LogP contribution in [0.1, 0.15) is 23.7 Å². The van der Waals surface area contributed by atoms with Gasteiger partial charge >= 0.3 is 0 Å². The lowest BCUT2D eigenvalue weighted by Crippen LogP contribution is -2.18. The van der Waals surface area contributed by atoms with Crippen molar-refractivity contribution in [3.63, 3.8) is 0 Å². The topological polar surface area (TPSA) is 34.5 Å². The molecule has 0 radical (unpaired) electrons. The first-order valence-corrected chi connectivity index (χ1v) is 9.02. The molecule has 2 aromatic carbocycles. The second-order valence-corrected chi connectivity index (χ2v) is 6.88. The van der Waals surface area contributed by atoms with Gasteiger partial charge in [0.2, 0.25) is 0 Å². The Bertz CT molecular complexity index is 998. The summed E-state index contributed by atoms with van der Waals surface area (Å²) in [6.45, 7) is 1.68. The quantitative estimate of drug-likeness (QED) is 0.706. The molecule has 4 rings (SSSR count). The SMILES string of the molecule is CN1CCC(Oc2ccc(F)cc2)c2ccc(-n3ccccc3=O)cc2C1. The maximum atomic E-state index is 13.2. The van der Waals surface area contributed by atoms with E-state index in [1.54, 1.807) is 35.0 Å². The van der Waals surface area contributed by atoms with Crippen molar-refractivity contribution >= 4 is 0 Å². The minimum absolute atomic E-state index is 0.0569. The molecule has 2 heterocycles. The first kappa shape index (κ1) is 17.5. The zero-order chi connectivity index (χ0) is 18.8. The van der Waals surface area contributed by atoms with Crippen molar-refractivity contribution in [2.24, 2.45) is 0 Å². The number of hydrogen-bond donors (Lipinski definition) is 0. The number of ether oxygens (including phenoxy) is 1. The predicted octanol–water partition coefficient (Wildman–Crippen LogP) is 3.93. The van der Waals surface area contributed by atoms with Crippen molar-refractivity contribution in [1.82, 2.24) is 9.47 Å². The van der Waals surface area contributed by atoms with E-state index in [1.165, 1.54) is 12.1 Å². The highest BCUT2D eigenvalue weighted by Gasteiger charge is 2.23. The van der Waals surface area contributed by atoms with Crippen molar-refractivity contribution < 1.29 is 9.13 Å². The molecule has 1 unspecified atom stereocenters. The fourth-order valence-corrected chi connectivity index (χ4v) is 3.50. The van der Waals surface area contributed by atoms with E-state index in [9.17, 15) is 9.18 Å². The highest BCUT2D eigenvalue weighted by molar-refractivity contribution is 5.43. The monoisotopic (exact) mass is 364 g/mol. The summed E-state index contributed by atoms with van der Waals surface area (Å²) in [5.74, 6) is 0.376.